The monoisotopic (exact) mass is 194 g/mol. The number of ether oxygens (including phenoxy) is 1. The van der Waals surface area contributed by atoms with Crippen molar-refractivity contribution in [3.05, 3.63) is 23.6 Å². The minimum atomic E-state index is -0.496. The fraction of sp³-hybridized carbons (Fsp3) is 0.111. The van der Waals surface area contributed by atoms with Crippen molar-refractivity contribution in [3.8, 4) is 5.75 Å². The van der Waals surface area contributed by atoms with Crippen LogP contribution in [0.5, 0.6) is 5.75 Å². The molecule has 0 saturated carbocycles. The number of carbonyl (C=O) groups excluding carboxylic acids is 1. The molecule has 0 radical (unpaired) electrons. The number of rotatable bonds is 2. The van der Waals surface area contributed by atoms with Crippen molar-refractivity contribution >= 4 is 17.2 Å². The van der Waals surface area contributed by atoms with E-state index < -0.39 is 5.82 Å². The largest absolute Gasteiger partial charge is 0.494 e. The molecule has 0 aliphatic carbocycles. The summed E-state index contributed by atoms with van der Waals surface area (Å²) in [6, 6.07) is 2.66. The summed E-state index contributed by atoms with van der Waals surface area (Å²) in [5.41, 5.74) is 0.726. The maximum Gasteiger partial charge on any atom is 0.168 e. The number of hydrogen-bond acceptors (Lipinski definition) is 3. The van der Waals surface area contributed by atoms with E-state index in [9.17, 15) is 9.18 Å². The molecule has 1 heterocycles. The third kappa shape index (κ3) is 1.14. The average molecular weight is 194 g/mol. The minimum absolute atomic E-state index is 0.0991. The van der Waals surface area contributed by atoms with E-state index in [0.717, 1.165) is 0 Å². The van der Waals surface area contributed by atoms with Crippen molar-refractivity contribution < 1.29 is 13.9 Å². The van der Waals surface area contributed by atoms with E-state index in [0.29, 0.717) is 22.9 Å². The standard InChI is InChI=1S/C9H7FN2O2/c1-14-9-2-5-7(3-6(9)10)11-12-8(5)4-13/h2-4H,1H3,(H,11,12). The zero-order valence-electron chi connectivity index (χ0n) is 7.37. The summed E-state index contributed by atoms with van der Waals surface area (Å²) in [6.45, 7) is 0. The van der Waals surface area contributed by atoms with Crippen LogP contribution in [0.25, 0.3) is 10.9 Å². The van der Waals surface area contributed by atoms with Crippen LogP contribution >= 0.6 is 0 Å². The van der Waals surface area contributed by atoms with Gasteiger partial charge in [-0.15, -0.1) is 0 Å². The smallest absolute Gasteiger partial charge is 0.168 e. The summed E-state index contributed by atoms with van der Waals surface area (Å²) >= 11 is 0. The summed E-state index contributed by atoms with van der Waals surface area (Å²) in [5.74, 6) is -0.397. The van der Waals surface area contributed by atoms with Crippen molar-refractivity contribution in [2.45, 2.75) is 0 Å². The number of benzene rings is 1. The van der Waals surface area contributed by atoms with E-state index in [1.165, 1.54) is 19.2 Å². The molecular weight excluding hydrogens is 187 g/mol. The van der Waals surface area contributed by atoms with Gasteiger partial charge in [-0.05, 0) is 6.07 Å². The lowest BCUT2D eigenvalue weighted by Gasteiger charge is -2.00. The van der Waals surface area contributed by atoms with Crippen LogP contribution in [0, 0.1) is 5.82 Å². The normalized spacial score (nSPS) is 10.4. The summed E-state index contributed by atoms with van der Waals surface area (Å²) in [7, 11) is 1.37. The van der Waals surface area contributed by atoms with Crippen LogP contribution in [0.15, 0.2) is 12.1 Å². The number of nitrogens with one attached hydrogen (secondary N) is 1. The molecular formula is C9H7FN2O2. The number of hydrogen-bond donors (Lipinski definition) is 1. The molecule has 14 heavy (non-hydrogen) atoms. The Labute approximate surface area is 78.7 Å². The number of aldehydes is 1. The topological polar surface area (TPSA) is 55.0 Å². The van der Waals surface area contributed by atoms with Crippen LogP contribution in [-0.4, -0.2) is 23.6 Å². The second kappa shape index (κ2) is 3.10. The molecule has 72 valence electrons. The fourth-order valence-corrected chi connectivity index (χ4v) is 1.28. The maximum atomic E-state index is 13.2. The first-order chi connectivity index (χ1) is 6.76. The van der Waals surface area contributed by atoms with Crippen molar-refractivity contribution in [1.82, 2.24) is 10.2 Å². The Balaban J connectivity index is 2.76. The van der Waals surface area contributed by atoms with Gasteiger partial charge in [0.05, 0.1) is 12.6 Å². The van der Waals surface area contributed by atoms with Gasteiger partial charge < -0.3 is 4.74 Å². The Morgan fingerprint density at radius 2 is 2.36 bits per heavy atom. The first kappa shape index (κ1) is 8.68. The second-order valence-electron chi connectivity index (χ2n) is 2.76. The highest BCUT2D eigenvalue weighted by atomic mass is 19.1. The quantitative estimate of drug-likeness (QED) is 0.737. The Kier molecular flexibility index (Phi) is 1.92. The molecule has 4 nitrogen and oxygen atoms in total. The number of fused-ring (bicyclic) bond motifs is 1. The summed E-state index contributed by atoms with van der Waals surface area (Å²) < 4.78 is 18.0. The van der Waals surface area contributed by atoms with Gasteiger partial charge in [-0.25, -0.2) is 4.39 Å². The molecule has 2 rings (SSSR count). The molecule has 0 unspecified atom stereocenters. The molecule has 1 aromatic heterocycles. The Morgan fingerprint density at radius 3 is 3.00 bits per heavy atom. The van der Waals surface area contributed by atoms with E-state index in [2.05, 4.69) is 10.2 Å². The van der Waals surface area contributed by atoms with Gasteiger partial charge in [0.1, 0.15) is 5.69 Å². The number of aromatic amines is 1. The molecule has 0 amide bonds. The third-order valence-corrected chi connectivity index (χ3v) is 1.97. The highest BCUT2D eigenvalue weighted by molar-refractivity contribution is 5.95. The molecule has 0 fully saturated rings. The molecule has 0 aliphatic heterocycles. The lowest BCUT2D eigenvalue weighted by molar-refractivity contribution is 0.112. The van der Waals surface area contributed by atoms with E-state index in [-0.39, 0.29) is 5.75 Å². The molecule has 2 aromatic rings. The number of aromatic nitrogens is 2. The Morgan fingerprint density at radius 1 is 1.57 bits per heavy atom. The van der Waals surface area contributed by atoms with Crippen molar-refractivity contribution in [2.75, 3.05) is 7.11 Å². The van der Waals surface area contributed by atoms with E-state index >= 15 is 0 Å². The van der Waals surface area contributed by atoms with Gasteiger partial charge in [0, 0.05) is 11.5 Å². The van der Waals surface area contributed by atoms with Crippen LogP contribution in [0.2, 0.25) is 0 Å². The highest BCUT2D eigenvalue weighted by Gasteiger charge is 2.10. The van der Waals surface area contributed by atoms with Gasteiger partial charge in [0.15, 0.2) is 17.9 Å². The zero-order valence-corrected chi connectivity index (χ0v) is 7.37. The van der Waals surface area contributed by atoms with Crippen LogP contribution in [0.3, 0.4) is 0 Å². The van der Waals surface area contributed by atoms with Crippen LogP contribution < -0.4 is 4.74 Å². The van der Waals surface area contributed by atoms with Gasteiger partial charge in [-0.3, -0.25) is 9.89 Å². The van der Waals surface area contributed by atoms with Gasteiger partial charge in [0.25, 0.3) is 0 Å². The molecule has 1 N–H and O–H groups in total. The van der Waals surface area contributed by atoms with Crippen LogP contribution in [0.4, 0.5) is 4.39 Å². The van der Waals surface area contributed by atoms with E-state index in [1.54, 1.807) is 0 Å². The summed E-state index contributed by atoms with van der Waals surface area (Å²) in [6.07, 6.45) is 0.632. The van der Waals surface area contributed by atoms with Gasteiger partial charge in [-0.1, -0.05) is 0 Å². The molecule has 5 heteroatoms. The summed E-state index contributed by atoms with van der Waals surface area (Å²) in [4.78, 5) is 10.6. The SMILES string of the molecule is COc1cc2c(C=O)[nH]nc2cc1F. The molecule has 1 aromatic carbocycles. The second-order valence-corrected chi connectivity index (χ2v) is 2.76. The van der Waals surface area contributed by atoms with Crippen molar-refractivity contribution in [3.63, 3.8) is 0 Å². The molecule has 0 atom stereocenters. The summed E-state index contributed by atoms with van der Waals surface area (Å²) in [5, 5.41) is 6.83. The third-order valence-electron chi connectivity index (χ3n) is 1.97. The number of H-pyrrole nitrogens is 1. The predicted octanol–water partition coefficient (Wildman–Crippen LogP) is 1.52. The number of nitrogens with zero attached hydrogens (tertiary/aromatic N) is 1. The van der Waals surface area contributed by atoms with Crippen LogP contribution in [0.1, 0.15) is 10.5 Å². The van der Waals surface area contributed by atoms with Gasteiger partial charge in [0.2, 0.25) is 0 Å². The molecule has 0 spiro atoms. The number of carbonyl (C=O) groups is 1. The zero-order chi connectivity index (χ0) is 10.1. The highest BCUT2D eigenvalue weighted by Crippen LogP contribution is 2.24. The average Bonchev–Trinajstić information content (AvgIpc) is 2.58. The lowest BCUT2D eigenvalue weighted by Crippen LogP contribution is -1.88. The first-order valence-corrected chi connectivity index (χ1v) is 3.93. The Hall–Kier alpha value is -1.91. The first-order valence-electron chi connectivity index (χ1n) is 3.93. The molecule has 0 aliphatic rings. The maximum absolute atomic E-state index is 13.2. The van der Waals surface area contributed by atoms with Crippen molar-refractivity contribution in [2.24, 2.45) is 0 Å². The van der Waals surface area contributed by atoms with Gasteiger partial charge in [-0.2, -0.15) is 5.10 Å². The number of halogens is 1. The Bertz CT molecular complexity index is 493. The van der Waals surface area contributed by atoms with E-state index in [4.69, 9.17) is 4.74 Å². The van der Waals surface area contributed by atoms with Gasteiger partial charge >= 0.3 is 0 Å². The fourth-order valence-electron chi connectivity index (χ4n) is 1.28. The lowest BCUT2D eigenvalue weighted by atomic mass is 10.2. The number of methoxy groups -OCH3 is 1. The predicted molar refractivity (Wildman–Crippen MR) is 48.0 cm³/mol. The van der Waals surface area contributed by atoms with E-state index in [1.807, 2.05) is 0 Å². The van der Waals surface area contributed by atoms with Crippen molar-refractivity contribution in [1.29, 1.82) is 0 Å². The minimum Gasteiger partial charge on any atom is -0.494 e. The molecule has 0 saturated heterocycles. The van der Waals surface area contributed by atoms with Crippen LogP contribution in [-0.2, 0) is 0 Å². The molecule has 0 bridgehead atoms.